The molecule has 2 aliphatic heterocycles. The number of amides is 1. The molecule has 0 spiro atoms. The molecule has 1 saturated heterocycles. The lowest BCUT2D eigenvalue weighted by atomic mass is 9.95. The molecule has 1 N–H and O–H groups in total. The molecule has 0 radical (unpaired) electrons. The minimum Gasteiger partial charge on any atom is -0.444 e. The number of hydrogen-bond acceptors (Lipinski definition) is 3. The number of hydrogen-bond donors (Lipinski definition) is 1. The molecule has 0 aromatic rings. The van der Waals surface area contributed by atoms with Gasteiger partial charge in [-0.3, -0.25) is 4.90 Å². The molecule has 0 unspecified atom stereocenters. The Labute approximate surface area is 95.9 Å². The van der Waals surface area contributed by atoms with Gasteiger partial charge in [0.25, 0.3) is 0 Å². The fourth-order valence-corrected chi connectivity index (χ4v) is 2.43. The second-order valence-electron chi connectivity index (χ2n) is 5.51. The standard InChI is InChI=1S/C12H19NO3/c1-12(2,3)16-11(15)13-9-4-5-10(13)8(6-9)7-14/h4-5,8-10,14H,6-7H2,1-3H3/t8-,9-,10+/m1/s1. The van der Waals surface area contributed by atoms with Crippen molar-refractivity contribution >= 4 is 6.09 Å². The topological polar surface area (TPSA) is 49.8 Å². The molecule has 4 nitrogen and oxygen atoms in total. The average molecular weight is 225 g/mol. The van der Waals surface area contributed by atoms with E-state index in [0.29, 0.717) is 0 Å². The Morgan fingerprint density at radius 1 is 1.50 bits per heavy atom. The maximum atomic E-state index is 12.0. The van der Waals surface area contributed by atoms with Gasteiger partial charge in [-0.05, 0) is 27.2 Å². The summed E-state index contributed by atoms with van der Waals surface area (Å²) in [6.45, 7) is 5.71. The molecular weight excluding hydrogens is 206 g/mol. The maximum Gasteiger partial charge on any atom is 0.411 e. The number of aliphatic hydroxyl groups excluding tert-OH is 1. The lowest BCUT2D eigenvalue weighted by Gasteiger charge is -2.28. The predicted octanol–water partition coefficient (Wildman–Crippen LogP) is 1.54. The monoisotopic (exact) mass is 225 g/mol. The summed E-state index contributed by atoms with van der Waals surface area (Å²) in [5, 5.41) is 9.21. The number of rotatable bonds is 1. The Morgan fingerprint density at radius 2 is 2.19 bits per heavy atom. The van der Waals surface area contributed by atoms with E-state index in [4.69, 9.17) is 4.74 Å². The van der Waals surface area contributed by atoms with Crippen LogP contribution in [0.4, 0.5) is 4.79 Å². The highest BCUT2D eigenvalue weighted by molar-refractivity contribution is 5.71. The van der Waals surface area contributed by atoms with Gasteiger partial charge in [0, 0.05) is 12.5 Å². The number of fused-ring (bicyclic) bond motifs is 2. The molecule has 2 aliphatic rings. The Kier molecular flexibility index (Phi) is 2.70. The zero-order valence-corrected chi connectivity index (χ0v) is 10.0. The number of nitrogens with zero attached hydrogens (tertiary/aromatic N) is 1. The van der Waals surface area contributed by atoms with Crippen molar-refractivity contribution in [2.75, 3.05) is 6.61 Å². The normalized spacial score (nSPS) is 32.2. The van der Waals surface area contributed by atoms with Crippen molar-refractivity contribution in [3.05, 3.63) is 12.2 Å². The van der Waals surface area contributed by atoms with Gasteiger partial charge >= 0.3 is 6.09 Å². The van der Waals surface area contributed by atoms with Gasteiger partial charge in [0.1, 0.15) is 5.60 Å². The summed E-state index contributed by atoms with van der Waals surface area (Å²) in [4.78, 5) is 13.7. The van der Waals surface area contributed by atoms with Crippen LogP contribution in [0.5, 0.6) is 0 Å². The van der Waals surface area contributed by atoms with Crippen molar-refractivity contribution in [2.45, 2.75) is 44.9 Å². The van der Waals surface area contributed by atoms with E-state index < -0.39 is 5.60 Å². The van der Waals surface area contributed by atoms with Crippen LogP contribution in [0.2, 0.25) is 0 Å². The number of ether oxygens (including phenoxy) is 1. The molecule has 3 atom stereocenters. The van der Waals surface area contributed by atoms with Crippen molar-refractivity contribution in [1.29, 1.82) is 0 Å². The molecule has 2 heterocycles. The summed E-state index contributed by atoms with van der Waals surface area (Å²) < 4.78 is 5.36. The van der Waals surface area contributed by atoms with Crippen LogP contribution in [0.1, 0.15) is 27.2 Å². The molecule has 0 aromatic carbocycles. The van der Waals surface area contributed by atoms with Crippen molar-refractivity contribution in [3.8, 4) is 0 Å². The van der Waals surface area contributed by atoms with E-state index in [-0.39, 0.29) is 30.7 Å². The first-order valence-electron chi connectivity index (χ1n) is 5.73. The van der Waals surface area contributed by atoms with Crippen LogP contribution in [0.25, 0.3) is 0 Å². The van der Waals surface area contributed by atoms with Gasteiger partial charge in [-0.2, -0.15) is 0 Å². The number of carbonyl (C=O) groups excluding carboxylic acids is 1. The number of carbonyl (C=O) groups is 1. The molecule has 4 heteroatoms. The van der Waals surface area contributed by atoms with E-state index in [0.717, 1.165) is 6.42 Å². The molecule has 1 fully saturated rings. The minimum atomic E-state index is -0.464. The fourth-order valence-electron chi connectivity index (χ4n) is 2.43. The fraction of sp³-hybridized carbons (Fsp3) is 0.750. The largest absolute Gasteiger partial charge is 0.444 e. The molecule has 0 aromatic heterocycles. The lowest BCUT2D eigenvalue weighted by molar-refractivity contribution is 0.0215. The Hall–Kier alpha value is -1.03. The quantitative estimate of drug-likeness (QED) is 0.689. The molecule has 0 saturated carbocycles. The molecular formula is C12H19NO3. The second-order valence-corrected chi connectivity index (χ2v) is 5.51. The molecule has 90 valence electrons. The maximum absolute atomic E-state index is 12.0. The highest BCUT2D eigenvalue weighted by Gasteiger charge is 2.46. The van der Waals surface area contributed by atoms with E-state index in [1.54, 1.807) is 4.90 Å². The third-order valence-electron chi connectivity index (χ3n) is 3.07. The van der Waals surface area contributed by atoms with Crippen molar-refractivity contribution in [1.82, 2.24) is 4.90 Å². The second kappa shape index (κ2) is 3.77. The van der Waals surface area contributed by atoms with Crippen LogP contribution in [0.3, 0.4) is 0 Å². The van der Waals surface area contributed by atoms with Gasteiger partial charge in [-0.15, -0.1) is 0 Å². The zero-order chi connectivity index (χ0) is 11.9. The van der Waals surface area contributed by atoms with Crippen molar-refractivity contribution in [2.24, 2.45) is 5.92 Å². The Bertz CT molecular complexity index is 319. The highest BCUT2D eigenvalue weighted by Crippen LogP contribution is 2.37. The molecule has 2 bridgehead atoms. The van der Waals surface area contributed by atoms with Crippen LogP contribution in [-0.4, -0.2) is 40.4 Å². The van der Waals surface area contributed by atoms with E-state index in [1.165, 1.54) is 0 Å². The van der Waals surface area contributed by atoms with Gasteiger partial charge in [0.05, 0.1) is 12.1 Å². The zero-order valence-electron chi connectivity index (χ0n) is 10.0. The molecule has 16 heavy (non-hydrogen) atoms. The minimum absolute atomic E-state index is 0.0184. The first kappa shape index (κ1) is 11.5. The molecule has 1 amide bonds. The Morgan fingerprint density at radius 3 is 2.69 bits per heavy atom. The summed E-state index contributed by atoms with van der Waals surface area (Å²) in [7, 11) is 0. The van der Waals surface area contributed by atoms with Crippen molar-refractivity contribution < 1.29 is 14.6 Å². The third kappa shape index (κ3) is 1.94. The first-order chi connectivity index (χ1) is 7.42. The SMILES string of the molecule is CC(C)(C)OC(=O)N1[C@@H]2C=C[C@H]1[C@@H](CO)C2. The van der Waals surface area contributed by atoms with Crippen LogP contribution >= 0.6 is 0 Å². The third-order valence-corrected chi connectivity index (χ3v) is 3.07. The summed E-state index contributed by atoms with van der Waals surface area (Å²) >= 11 is 0. The van der Waals surface area contributed by atoms with Crippen LogP contribution < -0.4 is 0 Å². The summed E-state index contributed by atoms with van der Waals surface area (Å²) in [6.07, 6.45) is 4.60. The first-order valence-corrected chi connectivity index (χ1v) is 5.73. The van der Waals surface area contributed by atoms with Gasteiger partial charge in [-0.1, -0.05) is 12.2 Å². The van der Waals surface area contributed by atoms with E-state index in [9.17, 15) is 9.90 Å². The van der Waals surface area contributed by atoms with Crippen LogP contribution in [0, 0.1) is 5.92 Å². The van der Waals surface area contributed by atoms with Crippen molar-refractivity contribution in [3.63, 3.8) is 0 Å². The summed E-state index contributed by atoms with van der Waals surface area (Å²) in [5.74, 6) is 0.169. The molecule has 2 rings (SSSR count). The summed E-state index contributed by atoms with van der Waals surface area (Å²) in [6, 6.07) is 0.127. The lowest BCUT2D eigenvalue weighted by Crippen LogP contribution is -2.41. The van der Waals surface area contributed by atoms with Gasteiger partial charge in [-0.25, -0.2) is 4.79 Å². The van der Waals surface area contributed by atoms with E-state index in [1.807, 2.05) is 32.9 Å². The van der Waals surface area contributed by atoms with E-state index >= 15 is 0 Å². The number of aliphatic hydroxyl groups is 1. The average Bonchev–Trinajstić information content (AvgIpc) is 2.70. The highest BCUT2D eigenvalue weighted by atomic mass is 16.6. The van der Waals surface area contributed by atoms with Crippen LogP contribution in [0.15, 0.2) is 12.2 Å². The van der Waals surface area contributed by atoms with Gasteiger partial charge in [0.2, 0.25) is 0 Å². The van der Waals surface area contributed by atoms with Gasteiger partial charge in [0.15, 0.2) is 0 Å². The predicted molar refractivity (Wildman–Crippen MR) is 60.0 cm³/mol. The summed E-state index contributed by atoms with van der Waals surface area (Å²) in [5.41, 5.74) is -0.464. The van der Waals surface area contributed by atoms with Crippen LogP contribution in [-0.2, 0) is 4.74 Å². The molecule has 0 aliphatic carbocycles. The van der Waals surface area contributed by atoms with Gasteiger partial charge < -0.3 is 9.84 Å². The Balaban J connectivity index is 2.05. The van der Waals surface area contributed by atoms with E-state index in [2.05, 4.69) is 0 Å². The smallest absolute Gasteiger partial charge is 0.411 e.